The Morgan fingerprint density at radius 2 is 1.92 bits per heavy atom. The molecule has 0 aromatic heterocycles. The third-order valence-corrected chi connectivity index (χ3v) is 5.19. The van der Waals surface area contributed by atoms with E-state index in [0.29, 0.717) is 11.5 Å². The Bertz CT molecular complexity index is 878. The van der Waals surface area contributed by atoms with Gasteiger partial charge in [0.2, 0.25) is 0 Å². The second-order valence-corrected chi connectivity index (χ2v) is 6.53. The van der Waals surface area contributed by atoms with Crippen molar-refractivity contribution in [3.8, 4) is 23.3 Å². The summed E-state index contributed by atoms with van der Waals surface area (Å²) in [5.41, 5.74) is 0.954. The van der Waals surface area contributed by atoms with Crippen molar-refractivity contribution < 1.29 is 19.0 Å². The normalized spacial score (nSPS) is 27.0. The topological polar surface area (TPSA) is 64.0 Å². The number of fused-ring (bicyclic) bond motifs is 3. The molecule has 26 heavy (non-hydrogen) atoms. The first-order valence-electron chi connectivity index (χ1n) is 8.39. The van der Waals surface area contributed by atoms with Gasteiger partial charge in [-0.3, -0.25) is 4.84 Å². The largest absolute Gasteiger partial charge is 0.493 e. The molecule has 1 saturated heterocycles. The lowest BCUT2D eigenvalue weighted by Crippen LogP contribution is -2.40. The third kappa shape index (κ3) is 2.25. The highest BCUT2D eigenvalue weighted by molar-refractivity contribution is 5.47. The Balaban J connectivity index is 1.82. The van der Waals surface area contributed by atoms with E-state index in [1.807, 2.05) is 49.5 Å². The number of para-hydroxylation sites is 1. The van der Waals surface area contributed by atoms with Gasteiger partial charge in [-0.1, -0.05) is 24.3 Å². The average molecular weight is 352 g/mol. The molecule has 2 aliphatic rings. The van der Waals surface area contributed by atoms with Crippen molar-refractivity contribution in [3.63, 3.8) is 0 Å². The monoisotopic (exact) mass is 352 g/mol. The van der Waals surface area contributed by atoms with Gasteiger partial charge in [-0.2, -0.15) is 10.3 Å². The van der Waals surface area contributed by atoms with Crippen LogP contribution >= 0.6 is 0 Å². The lowest BCUT2D eigenvalue weighted by Gasteiger charge is -2.37. The predicted molar refractivity (Wildman–Crippen MR) is 93.9 cm³/mol. The van der Waals surface area contributed by atoms with Gasteiger partial charge in [-0.25, -0.2) is 0 Å². The molecule has 1 fully saturated rings. The van der Waals surface area contributed by atoms with Crippen molar-refractivity contribution in [1.82, 2.24) is 5.06 Å². The Hall–Kier alpha value is -2.75. The highest BCUT2D eigenvalue weighted by Crippen LogP contribution is 2.59. The summed E-state index contributed by atoms with van der Waals surface area (Å²) in [6.45, 7) is 0.258. The zero-order chi connectivity index (χ0) is 18.3. The Kier molecular flexibility index (Phi) is 3.98. The fraction of sp³-hybridized carbons (Fsp3) is 0.350. The molecule has 3 atom stereocenters. The minimum Gasteiger partial charge on any atom is -0.493 e. The van der Waals surface area contributed by atoms with Gasteiger partial charge in [0, 0.05) is 12.6 Å². The molecule has 0 saturated carbocycles. The van der Waals surface area contributed by atoms with E-state index in [4.69, 9.17) is 19.0 Å². The maximum absolute atomic E-state index is 10.2. The zero-order valence-corrected chi connectivity index (χ0v) is 14.9. The molecular formula is C20H20N2O4. The number of hydroxylamine groups is 2. The van der Waals surface area contributed by atoms with E-state index < -0.39 is 11.5 Å². The number of methoxy groups -OCH3 is 2. The first-order chi connectivity index (χ1) is 12.6. The Morgan fingerprint density at radius 3 is 2.65 bits per heavy atom. The second-order valence-electron chi connectivity index (χ2n) is 6.53. The van der Waals surface area contributed by atoms with Gasteiger partial charge in [-0.15, -0.1) is 0 Å². The summed E-state index contributed by atoms with van der Waals surface area (Å²) in [6, 6.07) is 15.7. The minimum atomic E-state index is -0.858. The highest BCUT2D eigenvalue weighted by Gasteiger charge is 2.60. The van der Waals surface area contributed by atoms with E-state index in [2.05, 4.69) is 6.07 Å². The van der Waals surface area contributed by atoms with Crippen LogP contribution in [0.5, 0.6) is 17.2 Å². The molecule has 6 heteroatoms. The fourth-order valence-electron chi connectivity index (χ4n) is 3.98. The van der Waals surface area contributed by atoms with Crippen molar-refractivity contribution in [2.45, 2.75) is 12.1 Å². The maximum Gasteiger partial charge on any atom is 0.161 e. The number of hydrogen-bond acceptors (Lipinski definition) is 6. The fourth-order valence-corrected chi connectivity index (χ4v) is 3.98. The standard InChI is InChI=1S/C20H20N2O4/c1-22-18-14-6-4-5-7-15(14)25-12-20(18,11-21)19(26-22)13-8-9-16(23-2)17(10-13)24-3/h4-10,18-19H,12H2,1-3H3/t18-,19-,20+/m0/s1. The van der Waals surface area contributed by atoms with E-state index in [1.54, 1.807) is 19.3 Å². The van der Waals surface area contributed by atoms with Crippen LogP contribution in [0, 0.1) is 16.7 Å². The third-order valence-electron chi connectivity index (χ3n) is 5.19. The molecule has 0 aliphatic carbocycles. The Labute approximate surface area is 152 Å². The van der Waals surface area contributed by atoms with Crippen molar-refractivity contribution in [3.05, 3.63) is 53.6 Å². The number of nitrogens with zero attached hydrogens (tertiary/aromatic N) is 2. The molecule has 4 rings (SSSR count). The van der Waals surface area contributed by atoms with Crippen molar-refractivity contribution in [2.75, 3.05) is 27.9 Å². The molecule has 0 unspecified atom stereocenters. The molecule has 0 N–H and O–H groups in total. The van der Waals surface area contributed by atoms with E-state index >= 15 is 0 Å². The number of hydrogen-bond donors (Lipinski definition) is 0. The van der Waals surface area contributed by atoms with Gasteiger partial charge in [-0.05, 0) is 23.8 Å². The number of rotatable bonds is 3. The first-order valence-corrected chi connectivity index (χ1v) is 8.39. The van der Waals surface area contributed by atoms with Gasteiger partial charge < -0.3 is 14.2 Å². The van der Waals surface area contributed by atoms with E-state index in [-0.39, 0.29) is 12.6 Å². The molecule has 0 bridgehead atoms. The molecule has 2 heterocycles. The van der Waals surface area contributed by atoms with Crippen LogP contribution in [0.25, 0.3) is 0 Å². The van der Waals surface area contributed by atoms with Crippen molar-refractivity contribution in [1.29, 1.82) is 5.26 Å². The Morgan fingerprint density at radius 1 is 1.15 bits per heavy atom. The summed E-state index contributed by atoms with van der Waals surface area (Å²) in [5, 5.41) is 11.9. The maximum atomic E-state index is 10.2. The molecule has 2 aliphatic heterocycles. The van der Waals surface area contributed by atoms with Gasteiger partial charge in [0.05, 0.1) is 26.3 Å². The quantitative estimate of drug-likeness (QED) is 0.845. The lowest BCUT2D eigenvalue weighted by molar-refractivity contribution is -0.147. The average Bonchev–Trinajstić information content (AvgIpc) is 3.00. The van der Waals surface area contributed by atoms with Crippen molar-refractivity contribution >= 4 is 0 Å². The molecule has 0 amide bonds. The number of ether oxygens (including phenoxy) is 3. The van der Waals surface area contributed by atoms with Gasteiger partial charge in [0.15, 0.2) is 11.5 Å². The first kappa shape index (κ1) is 16.7. The van der Waals surface area contributed by atoms with Crippen LogP contribution in [-0.4, -0.2) is 32.9 Å². The summed E-state index contributed by atoms with van der Waals surface area (Å²) in [4.78, 5) is 6.15. The zero-order valence-electron chi connectivity index (χ0n) is 14.9. The second kappa shape index (κ2) is 6.20. The predicted octanol–water partition coefficient (Wildman–Crippen LogP) is 3.27. The van der Waals surface area contributed by atoms with Gasteiger partial charge >= 0.3 is 0 Å². The van der Waals surface area contributed by atoms with Crippen LogP contribution in [0.15, 0.2) is 42.5 Å². The van der Waals surface area contributed by atoms with E-state index in [0.717, 1.165) is 16.9 Å². The minimum absolute atomic E-state index is 0.212. The molecular weight excluding hydrogens is 332 g/mol. The smallest absolute Gasteiger partial charge is 0.161 e. The SMILES string of the molecule is COc1ccc([C@@H]2ON(C)[C@H]3c4ccccc4OC[C@]32C#N)cc1OC. The van der Waals surface area contributed by atoms with Crippen LogP contribution in [0.1, 0.15) is 23.3 Å². The van der Waals surface area contributed by atoms with Crippen molar-refractivity contribution in [2.24, 2.45) is 5.41 Å². The molecule has 0 spiro atoms. The molecule has 0 radical (unpaired) electrons. The number of nitriles is 1. The summed E-state index contributed by atoms with van der Waals surface area (Å²) < 4.78 is 16.7. The van der Waals surface area contributed by atoms with Gasteiger partial charge in [0.25, 0.3) is 0 Å². The molecule has 2 aromatic carbocycles. The molecule has 6 nitrogen and oxygen atoms in total. The highest BCUT2D eigenvalue weighted by atomic mass is 16.7. The van der Waals surface area contributed by atoms with Crippen LogP contribution in [-0.2, 0) is 4.84 Å². The summed E-state index contributed by atoms with van der Waals surface area (Å²) in [7, 11) is 5.04. The molecule has 2 aromatic rings. The van der Waals surface area contributed by atoms with E-state index in [9.17, 15) is 5.26 Å². The van der Waals surface area contributed by atoms with E-state index in [1.165, 1.54) is 0 Å². The summed E-state index contributed by atoms with van der Waals surface area (Å²) in [5.74, 6) is 2.03. The van der Waals surface area contributed by atoms with Crippen LogP contribution in [0.3, 0.4) is 0 Å². The van der Waals surface area contributed by atoms with Crippen LogP contribution in [0.2, 0.25) is 0 Å². The summed E-state index contributed by atoms with van der Waals surface area (Å²) in [6.07, 6.45) is -0.476. The van der Waals surface area contributed by atoms with Crippen LogP contribution in [0.4, 0.5) is 0 Å². The van der Waals surface area contributed by atoms with Crippen LogP contribution < -0.4 is 14.2 Å². The summed E-state index contributed by atoms with van der Waals surface area (Å²) >= 11 is 0. The number of benzene rings is 2. The lowest BCUT2D eigenvalue weighted by atomic mass is 9.71. The van der Waals surface area contributed by atoms with Gasteiger partial charge in [0.1, 0.15) is 23.9 Å². The molecule has 134 valence electrons.